The van der Waals surface area contributed by atoms with Crippen molar-refractivity contribution in [2.45, 2.75) is 19.9 Å². The monoisotopic (exact) mass is 281 g/mol. The van der Waals surface area contributed by atoms with Crippen molar-refractivity contribution in [1.82, 2.24) is 9.80 Å². The van der Waals surface area contributed by atoms with Crippen LogP contribution >= 0.6 is 11.3 Å². The molecule has 0 radical (unpaired) electrons. The van der Waals surface area contributed by atoms with Crippen LogP contribution in [0, 0.1) is 6.92 Å². The van der Waals surface area contributed by atoms with E-state index in [4.69, 9.17) is 5.73 Å². The molecular weight excluding hydrogens is 262 g/mol. The van der Waals surface area contributed by atoms with E-state index in [1.54, 1.807) is 0 Å². The van der Waals surface area contributed by atoms with Crippen molar-refractivity contribution in [3.8, 4) is 0 Å². The van der Waals surface area contributed by atoms with Crippen LogP contribution in [0.5, 0.6) is 0 Å². The summed E-state index contributed by atoms with van der Waals surface area (Å²) in [5.74, 6) is -0.224. The molecule has 1 aliphatic heterocycles. The van der Waals surface area contributed by atoms with E-state index in [1.165, 1.54) is 11.3 Å². The number of nitrogens with zero attached hydrogens (tertiary/aromatic N) is 2. The second-order valence-electron chi connectivity index (χ2n) is 4.82. The summed E-state index contributed by atoms with van der Waals surface area (Å²) in [5, 5.41) is 0. The third-order valence-corrected chi connectivity index (χ3v) is 4.50. The molecule has 0 unspecified atom stereocenters. The summed E-state index contributed by atoms with van der Waals surface area (Å²) < 4.78 is 0. The van der Waals surface area contributed by atoms with E-state index in [2.05, 4.69) is 0 Å². The molecule has 2 rings (SSSR count). The summed E-state index contributed by atoms with van der Waals surface area (Å²) >= 11 is 1.52. The number of piperazine rings is 1. The van der Waals surface area contributed by atoms with Crippen LogP contribution < -0.4 is 5.73 Å². The number of nitrogens with two attached hydrogens (primary N) is 1. The van der Waals surface area contributed by atoms with Crippen molar-refractivity contribution in [3.05, 3.63) is 21.9 Å². The standard InChI is InChI=1S/C13H19N3O2S/c1-9-3-4-11(19-9)13(18)16-7-5-15(6-8-16)10(2)12(14)17/h3-4,10H,5-8H2,1-2H3,(H2,14,17)/t10-/m0/s1. The van der Waals surface area contributed by atoms with Gasteiger partial charge in [-0.2, -0.15) is 0 Å². The van der Waals surface area contributed by atoms with E-state index in [0.717, 1.165) is 9.75 Å². The highest BCUT2D eigenvalue weighted by atomic mass is 32.1. The molecule has 0 bridgehead atoms. The number of primary amides is 1. The average Bonchev–Trinajstić information content (AvgIpc) is 2.84. The molecule has 6 heteroatoms. The van der Waals surface area contributed by atoms with Gasteiger partial charge in [-0.3, -0.25) is 14.5 Å². The molecule has 1 aliphatic rings. The number of aryl methyl sites for hydroxylation is 1. The van der Waals surface area contributed by atoms with E-state index in [9.17, 15) is 9.59 Å². The van der Waals surface area contributed by atoms with Crippen molar-refractivity contribution in [3.63, 3.8) is 0 Å². The highest BCUT2D eigenvalue weighted by Crippen LogP contribution is 2.18. The van der Waals surface area contributed by atoms with Crippen LogP contribution in [0.15, 0.2) is 12.1 Å². The molecule has 5 nitrogen and oxygen atoms in total. The number of rotatable bonds is 3. The first kappa shape index (κ1) is 14.0. The molecule has 1 aromatic heterocycles. The third-order valence-electron chi connectivity index (χ3n) is 3.51. The van der Waals surface area contributed by atoms with Crippen LogP contribution in [-0.2, 0) is 4.79 Å². The lowest BCUT2D eigenvalue weighted by molar-refractivity contribution is -0.123. The summed E-state index contributed by atoms with van der Waals surface area (Å²) in [4.78, 5) is 29.2. The Balaban J connectivity index is 1.93. The summed E-state index contributed by atoms with van der Waals surface area (Å²) in [6.07, 6.45) is 0. The van der Waals surface area contributed by atoms with Gasteiger partial charge in [-0.1, -0.05) is 0 Å². The maximum atomic E-state index is 12.2. The largest absolute Gasteiger partial charge is 0.368 e. The first-order valence-electron chi connectivity index (χ1n) is 6.38. The number of carbonyl (C=O) groups excluding carboxylic acids is 2. The van der Waals surface area contributed by atoms with Gasteiger partial charge >= 0.3 is 0 Å². The molecule has 2 amide bonds. The molecule has 0 aliphatic carbocycles. The van der Waals surface area contributed by atoms with Gasteiger partial charge in [0.25, 0.3) is 5.91 Å². The molecule has 0 spiro atoms. The highest BCUT2D eigenvalue weighted by Gasteiger charge is 2.27. The fourth-order valence-corrected chi connectivity index (χ4v) is 3.03. The molecular formula is C13H19N3O2S. The maximum Gasteiger partial charge on any atom is 0.264 e. The molecule has 0 aromatic carbocycles. The SMILES string of the molecule is Cc1ccc(C(=O)N2CCN([C@@H](C)C(N)=O)CC2)s1. The first-order chi connectivity index (χ1) is 8.99. The highest BCUT2D eigenvalue weighted by molar-refractivity contribution is 7.13. The maximum absolute atomic E-state index is 12.2. The summed E-state index contributed by atoms with van der Waals surface area (Å²) in [6.45, 7) is 6.48. The molecule has 2 heterocycles. The smallest absolute Gasteiger partial charge is 0.264 e. The lowest BCUT2D eigenvalue weighted by Crippen LogP contribution is -2.54. The van der Waals surface area contributed by atoms with E-state index in [0.29, 0.717) is 26.2 Å². The van der Waals surface area contributed by atoms with Gasteiger partial charge in [-0.15, -0.1) is 11.3 Å². The predicted octanol–water partition coefficient (Wildman–Crippen LogP) is 0.688. The lowest BCUT2D eigenvalue weighted by Gasteiger charge is -2.36. The predicted molar refractivity (Wildman–Crippen MR) is 75.2 cm³/mol. The van der Waals surface area contributed by atoms with Crippen LogP contribution in [0.4, 0.5) is 0 Å². The van der Waals surface area contributed by atoms with Gasteiger partial charge < -0.3 is 10.6 Å². The van der Waals surface area contributed by atoms with Crippen LogP contribution in [-0.4, -0.2) is 53.8 Å². The molecule has 2 N–H and O–H groups in total. The van der Waals surface area contributed by atoms with E-state index in [-0.39, 0.29) is 17.9 Å². The third kappa shape index (κ3) is 3.13. The molecule has 0 saturated carbocycles. The van der Waals surface area contributed by atoms with Gasteiger partial charge in [0, 0.05) is 31.1 Å². The van der Waals surface area contributed by atoms with Crippen molar-refractivity contribution in [2.24, 2.45) is 5.73 Å². The minimum atomic E-state index is -0.311. The Labute approximate surface area is 117 Å². The van der Waals surface area contributed by atoms with Crippen molar-refractivity contribution < 1.29 is 9.59 Å². The Morgan fingerprint density at radius 3 is 2.37 bits per heavy atom. The van der Waals surface area contributed by atoms with Gasteiger partial charge in [0.05, 0.1) is 10.9 Å². The van der Waals surface area contributed by atoms with Gasteiger partial charge in [-0.05, 0) is 26.0 Å². The summed E-state index contributed by atoms with van der Waals surface area (Å²) in [6, 6.07) is 3.57. The first-order valence-corrected chi connectivity index (χ1v) is 7.20. The van der Waals surface area contributed by atoms with E-state index >= 15 is 0 Å². The number of hydrogen-bond donors (Lipinski definition) is 1. The second-order valence-corrected chi connectivity index (χ2v) is 6.10. The minimum absolute atomic E-state index is 0.0875. The number of thiophene rings is 1. The Bertz CT molecular complexity index is 478. The average molecular weight is 281 g/mol. The molecule has 1 aromatic rings. The number of amides is 2. The van der Waals surface area contributed by atoms with Gasteiger partial charge in [0.1, 0.15) is 0 Å². The fraction of sp³-hybridized carbons (Fsp3) is 0.538. The Morgan fingerprint density at radius 2 is 1.89 bits per heavy atom. The molecule has 1 fully saturated rings. The number of hydrogen-bond acceptors (Lipinski definition) is 4. The topological polar surface area (TPSA) is 66.6 Å². The van der Waals surface area contributed by atoms with Crippen LogP contribution in [0.3, 0.4) is 0 Å². The molecule has 1 atom stereocenters. The zero-order valence-corrected chi connectivity index (χ0v) is 12.1. The van der Waals surface area contributed by atoms with Crippen LogP contribution in [0.1, 0.15) is 21.5 Å². The zero-order valence-electron chi connectivity index (χ0n) is 11.3. The van der Waals surface area contributed by atoms with Crippen LogP contribution in [0.25, 0.3) is 0 Å². The van der Waals surface area contributed by atoms with Gasteiger partial charge in [0.2, 0.25) is 5.91 Å². The Kier molecular flexibility index (Phi) is 4.21. The normalized spacial score (nSPS) is 18.3. The zero-order chi connectivity index (χ0) is 14.0. The van der Waals surface area contributed by atoms with E-state index in [1.807, 2.05) is 35.8 Å². The van der Waals surface area contributed by atoms with Crippen molar-refractivity contribution in [2.75, 3.05) is 26.2 Å². The Hall–Kier alpha value is -1.40. The fourth-order valence-electron chi connectivity index (χ4n) is 2.20. The second kappa shape index (κ2) is 5.71. The minimum Gasteiger partial charge on any atom is -0.368 e. The van der Waals surface area contributed by atoms with Gasteiger partial charge in [-0.25, -0.2) is 0 Å². The quantitative estimate of drug-likeness (QED) is 0.886. The number of carbonyl (C=O) groups is 2. The lowest BCUT2D eigenvalue weighted by atomic mass is 10.2. The summed E-state index contributed by atoms with van der Waals surface area (Å²) in [7, 11) is 0. The molecule has 1 saturated heterocycles. The molecule has 19 heavy (non-hydrogen) atoms. The summed E-state index contributed by atoms with van der Waals surface area (Å²) in [5.41, 5.74) is 5.30. The van der Waals surface area contributed by atoms with Crippen molar-refractivity contribution in [1.29, 1.82) is 0 Å². The van der Waals surface area contributed by atoms with Gasteiger partial charge in [0.15, 0.2) is 0 Å². The van der Waals surface area contributed by atoms with Crippen molar-refractivity contribution >= 4 is 23.2 Å². The molecule has 104 valence electrons. The van der Waals surface area contributed by atoms with E-state index < -0.39 is 0 Å². The Morgan fingerprint density at radius 1 is 1.26 bits per heavy atom. The van der Waals surface area contributed by atoms with Crippen LogP contribution in [0.2, 0.25) is 0 Å².